The minimum Gasteiger partial charge on any atom is -0.494 e. The van der Waals surface area contributed by atoms with E-state index in [9.17, 15) is 33.6 Å². The Balaban J connectivity index is 1.42. The molecule has 0 bridgehead atoms. The van der Waals surface area contributed by atoms with Crippen LogP contribution in [0.4, 0.5) is 0 Å². The number of nitrogens with two attached hydrogens (primary N) is 3. The van der Waals surface area contributed by atoms with Gasteiger partial charge in [-0.2, -0.15) is 0 Å². The molecule has 75 heavy (non-hydrogen) atoms. The summed E-state index contributed by atoms with van der Waals surface area (Å²) >= 11 is 0. The topological polar surface area (TPSA) is 336 Å². The summed E-state index contributed by atoms with van der Waals surface area (Å²) in [7, 11) is 0. The molecule has 1 aliphatic heterocycles. The van der Waals surface area contributed by atoms with Gasteiger partial charge in [-0.05, 0) is 92.7 Å². The monoisotopic (exact) mass is 1030 g/mol. The van der Waals surface area contributed by atoms with Crippen LogP contribution in [0, 0.1) is 0 Å². The maximum atomic E-state index is 15.3. The number of carbonyl (C=O) groups excluding carboxylic acids is 8. The van der Waals surface area contributed by atoms with E-state index in [1.165, 1.54) is 0 Å². The summed E-state index contributed by atoms with van der Waals surface area (Å²) in [5.74, 6) is -5.19. The highest BCUT2D eigenvalue weighted by Gasteiger charge is 2.46. The van der Waals surface area contributed by atoms with E-state index in [1.807, 2.05) is 50.2 Å². The number of amides is 8. The lowest BCUT2D eigenvalue weighted by atomic mass is 9.76. The summed E-state index contributed by atoms with van der Waals surface area (Å²) in [6.45, 7) is 4.35. The zero-order valence-corrected chi connectivity index (χ0v) is 42.8. The number of aromatic amines is 1. The Morgan fingerprint density at radius 3 is 2.25 bits per heavy atom. The second kappa shape index (κ2) is 27.4. The Labute approximate surface area is 436 Å². The van der Waals surface area contributed by atoms with Crippen molar-refractivity contribution in [1.29, 1.82) is 0 Å². The molecule has 3 aromatic carbocycles. The highest BCUT2D eigenvalue weighted by Crippen LogP contribution is 2.35. The molecule has 14 N–H and O–H groups in total. The molecule has 1 spiro atoms. The van der Waals surface area contributed by atoms with Gasteiger partial charge in [0.2, 0.25) is 47.3 Å². The van der Waals surface area contributed by atoms with Crippen molar-refractivity contribution < 1.29 is 43.1 Å². The molecule has 4 aromatic rings. The highest BCUT2D eigenvalue weighted by molar-refractivity contribution is 6.00. The molecule has 0 radical (unpaired) electrons. The number of aromatic nitrogens is 1. The molecule has 1 aromatic heterocycles. The normalized spacial score (nSPS) is 22.5. The van der Waals surface area contributed by atoms with Crippen molar-refractivity contribution in [3.8, 4) is 5.75 Å². The van der Waals surface area contributed by atoms with Crippen molar-refractivity contribution in [2.24, 2.45) is 22.2 Å². The number of benzene rings is 3. The van der Waals surface area contributed by atoms with Gasteiger partial charge in [-0.3, -0.25) is 43.3 Å². The van der Waals surface area contributed by atoms with Crippen molar-refractivity contribution in [3.63, 3.8) is 0 Å². The van der Waals surface area contributed by atoms with Crippen LogP contribution in [-0.4, -0.2) is 114 Å². The van der Waals surface area contributed by atoms with E-state index in [2.05, 4.69) is 47.2 Å². The smallest absolute Gasteiger partial charge is 0.246 e. The standard InChI is InChI=1S/C54H72N12O9/c1-3-5-23-45(67)61-43-30-46(68)58-26-12-11-20-39(47(55)69)62-50(72)42(29-35-32-60-38-19-10-9-18-36(35)38)64-48(70)40(21-14-27-59-53(56)57)63-49(71)41(28-33-15-7-6-8-16-33)65-52(74)54(66-51(43)73)25-24-37-34(31-54)17-13-22-44(37)75-4-2/h6-10,13,15-19,22,32,39-43,60H,3-5,11-12,14,20-21,23-31H2,1-2H3,(H2,55,69)(H,58,68)(H,61,67)(H,62,72)(H,63,71)(H,64,70)(H,65,74)(H,66,73)(H4,56,57,59)/t39-,40-,41+,42-,43?,54?/m0/s1. The molecule has 402 valence electrons. The van der Waals surface area contributed by atoms with E-state index in [0.717, 1.165) is 16.5 Å². The maximum absolute atomic E-state index is 15.3. The van der Waals surface area contributed by atoms with E-state index in [-0.39, 0.29) is 76.8 Å². The number of nitrogens with zero attached hydrogens (tertiary/aromatic N) is 1. The fraction of sp³-hybridized carbons (Fsp3) is 0.463. The van der Waals surface area contributed by atoms with Gasteiger partial charge in [-0.25, -0.2) is 0 Å². The molecular weight excluding hydrogens is 961 g/mol. The van der Waals surface area contributed by atoms with Crippen LogP contribution in [0.3, 0.4) is 0 Å². The van der Waals surface area contributed by atoms with E-state index >= 15 is 4.79 Å². The van der Waals surface area contributed by atoms with E-state index in [1.54, 1.807) is 42.6 Å². The van der Waals surface area contributed by atoms with E-state index in [4.69, 9.17) is 21.9 Å². The Morgan fingerprint density at radius 2 is 1.51 bits per heavy atom. The summed E-state index contributed by atoms with van der Waals surface area (Å²) in [5, 5.41) is 20.6. The summed E-state index contributed by atoms with van der Waals surface area (Å²) in [6.07, 6.45) is 3.60. The van der Waals surface area contributed by atoms with Crippen LogP contribution in [0.5, 0.6) is 5.75 Å². The Hall–Kier alpha value is -7.97. The van der Waals surface area contributed by atoms with Crippen LogP contribution in [0.15, 0.2) is 84.0 Å². The van der Waals surface area contributed by atoms with E-state index < -0.39 is 89.4 Å². The van der Waals surface area contributed by atoms with Crippen molar-refractivity contribution in [1.82, 2.24) is 42.2 Å². The number of H-pyrrole nitrogens is 1. The number of ether oxygens (including phenoxy) is 1. The van der Waals surface area contributed by atoms with Crippen molar-refractivity contribution in [2.45, 2.75) is 139 Å². The molecule has 6 atom stereocenters. The lowest BCUT2D eigenvalue weighted by molar-refractivity contribution is -0.139. The summed E-state index contributed by atoms with van der Waals surface area (Å²) < 4.78 is 5.95. The van der Waals surface area contributed by atoms with Gasteiger partial charge in [-0.1, -0.05) is 74.0 Å². The number of guanidine groups is 1. The maximum Gasteiger partial charge on any atom is 0.246 e. The van der Waals surface area contributed by atoms with Gasteiger partial charge in [0.15, 0.2) is 5.96 Å². The number of hydrogen-bond donors (Lipinski definition) is 11. The fourth-order valence-electron chi connectivity index (χ4n) is 9.52. The first kappa shape index (κ1) is 56.3. The lowest BCUT2D eigenvalue weighted by Crippen LogP contribution is -2.67. The molecule has 8 amide bonds. The second-order valence-corrected chi connectivity index (χ2v) is 19.2. The predicted molar refractivity (Wildman–Crippen MR) is 282 cm³/mol. The zero-order valence-electron chi connectivity index (χ0n) is 42.8. The van der Waals surface area contributed by atoms with Crippen LogP contribution in [0.1, 0.15) is 100 Å². The first-order valence-electron chi connectivity index (χ1n) is 25.9. The van der Waals surface area contributed by atoms with Gasteiger partial charge >= 0.3 is 0 Å². The summed E-state index contributed by atoms with van der Waals surface area (Å²) in [5.41, 5.74) is 19.0. The number of primary amides is 1. The number of hydrogen-bond acceptors (Lipinski definition) is 10. The molecule has 2 aliphatic rings. The summed E-state index contributed by atoms with van der Waals surface area (Å²) in [6, 6.07) is 15.2. The molecule has 2 unspecified atom stereocenters. The third-order valence-electron chi connectivity index (χ3n) is 13.5. The average Bonchev–Trinajstić information content (AvgIpc) is 3.80. The fourth-order valence-corrected chi connectivity index (χ4v) is 9.52. The molecule has 6 rings (SSSR count). The molecule has 1 fully saturated rings. The number of rotatable bonds is 15. The predicted octanol–water partition coefficient (Wildman–Crippen LogP) is 1.24. The first-order chi connectivity index (χ1) is 36.1. The van der Waals surface area contributed by atoms with Gasteiger partial charge in [-0.15, -0.1) is 0 Å². The van der Waals surface area contributed by atoms with Crippen molar-refractivity contribution in [3.05, 3.63) is 101 Å². The van der Waals surface area contributed by atoms with Crippen molar-refractivity contribution in [2.75, 3.05) is 19.7 Å². The van der Waals surface area contributed by atoms with Gasteiger partial charge < -0.3 is 64.1 Å². The van der Waals surface area contributed by atoms with Crippen LogP contribution < -0.4 is 59.2 Å². The molecular formula is C54H72N12O9. The number of carbonyl (C=O) groups is 8. The van der Waals surface area contributed by atoms with Gasteiger partial charge in [0.25, 0.3) is 0 Å². The number of unbranched alkanes of at least 4 members (excludes halogenated alkanes) is 1. The molecule has 1 saturated heterocycles. The second-order valence-electron chi connectivity index (χ2n) is 19.2. The molecule has 21 heteroatoms. The Kier molecular flexibility index (Phi) is 20.5. The summed E-state index contributed by atoms with van der Waals surface area (Å²) in [4.78, 5) is 121. The lowest BCUT2D eigenvalue weighted by Gasteiger charge is -2.40. The third kappa shape index (κ3) is 16.0. The van der Waals surface area contributed by atoms with Crippen LogP contribution in [-0.2, 0) is 64.0 Å². The zero-order chi connectivity index (χ0) is 53.9. The van der Waals surface area contributed by atoms with Crippen LogP contribution in [0.25, 0.3) is 10.9 Å². The third-order valence-corrected chi connectivity index (χ3v) is 13.5. The van der Waals surface area contributed by atoms with Crippen LogP contribution >= 0.6 is 0 Å². The average molecular weight is 1030 g/mol. The highest BCUT2D eigenvalue weighted by atomic mass is 16.5. The first-order valence-corrected chi connectivity index (χ1v) is 25.9. The largest absolute Gasteiger partial charge is 0.494 e. The SMILES string of the molecule is CCCCC(=O)NC1CC(=O)NCCCC[C@@H](C(N)=O)NC(=O)[C@H](Cc2c[nH]c3ccccc23)NC(=O)[C@H](CCCN=C(N)N)NC(=O)[C@@H](Cc2ccccc2)NC(=O)C2(CCc3c(cccc3OCC)C2)NC1=O. The minimum atomic E-state index is -1.74. The number of nitrogens with one attached hydrogen (secondary N) is 8. The Bertz CT molecular complexity index is 2690. The molecule has 0 saturated carbocycles. The molecule has 21 nitrogen and oxygen atoms in total. The quantitative estimate of drug-likeness (QED) is 0.0457. The van der Waals surface area contributed by atoms with Gasteiger partial charge in [0.1, 0.15) is 41.5 Å². The molecule has 1 aliphatic carbocycles. The minimum absolute atomic E-state index is 0.0250. The number of aliphatic imine (C=N–C) groups is 1. The van der Waals surface area contributed by atoms with Crippen molar-refractivity contribution >= 4 is 64.1 Å². The van der Waals surface area contributed by atoms with Gasteiger partial charge in [0.05, 0.1) is 13.0 Å². The number of para-hydroxylation sites is 1. The van der Waals surface area contributed by atoms with Crippen LogP contribution in [0.2, 0.25) is 0 Å². The molecule has 2 heterocycles. The van der Waals surface area contributed by atoms with Gasteiger partial charge in [0, 0.05) is 55.9 Å². The number of fused-ring (bicyclic) bond motifs is 2. The van der Waals surface area contributed by atoms with E-state index in [0.29, 0.717) is 54.7 Å². The Morgan fingerprint density at radius 1 is 0.787 bits per heavy atom.